The molecule has 0 unspecified atom stereocenters. The number of anilines is 3. The fourth-order valence-electron chi connectivity index (χ4n) is 4.19. The van der Waals surface area contributed by atoms with Gasteiger partial charge in [0.2, 0.25) is 13.7 Å². The van der Waals surface area contributed by atoms with E-state index in [1.165, 1.54) is 46.3 Å². The monoisotopic (exact) mass is 557 g/mol. The summed E-state index contributed by atoms with van der Waals surface area (Å²) in [5.41, 5.74) is 1.72. The van der Waals surface area contributed by atoms with Crippen molar-refractivity contribution in [3.05, 3.63) is 66.4 Å². The number of alkyl halides is 4. The van der Waals surface area contributed by atoms with Crippen LogP contribution in [-0.2, 0) is 13.1 Å². The molecule has 4 aromatic rings. The van der Waals surface area contributed by atoms with Crippen LogP contribution in [0.2, 0.25) is 0 Å². The molecule has 2 aromatic carbocycles. The van der Waals surface area contributed by atoms with E-state index in [-0.39, 0.29) is 29.7 Å². The fraction of sp³-hybridized carbons (Fsp3) is 0.240. The van der Waals surface area contributed by atoms with E-state index in [1.54, 1.807) is 24.3 Å². The average Bonchev–Trinajstić information content (AvgIpc) is 3.27. The summed E-state index contributed by atoms with van der Waals surface area (Å²) in [7, 11) is 5.04. The molecule has 0 spiro atoms. The van der Waals surface area contributed by atoms with Crippen molar-refractivity contribution in [2.24, 2.45) is 0 Å². The van der Waals surface area contributed by atoms with Crippen LogP contribution in [-0.4, -0.2) is 64.2 Å². The second-order valence-electron chi connectivity index (χ2n) is 8.78. The van der Waals surface area contributed by atoms with Crippen molar-refractivity contribution >= 4 is 42.0 Å². The van der Waals surface area contributed by atoms with E-state index in [0.29, 0.717) is 22.2 Å². The number of nitrogens with zero attached hydrogens (tertiary/aromatic N) is 5. The normalized spacial score (nSPS) is 13.8. The first-order chi connectivity index (χ1) is 19.0. The molecule has 5 rings (SSSR count). The predicted molar refractivity (Wildman–Crippen MR) is 135 cm³/mol. The molecule has 2 N–H and O–H groups in total. The highest BCUT2D eigenvalue weighted by Crippen LogP contribution is 2.38. The zero-order valence-electron chi connectivity index (χ0n) is 20.5. The van der Waals surface area contributed by atoms with Gasteiger partial charge in [0.15, 0.2) is 6.61 Å². The lowest BCUT2D eigenvalue weighted by Gasteiger charge is -2.36. The van der Waals surface area contributed by atoms with Gasteiger partial charge in [-0.05, 0) is 48.5 Å². The van der Waals surface area contributed by atoms with Crippen LogP contribution in [0.5, 0.6) is 11.6 Å². The van der Waals surface area contributed by atoms with E-state index in [2.05, 4.69) is 10.1 Å². The number of aromatic nitrogens is 3. The summed E-state index contributed by atoms with van der Waals surface area (Å²) < 4.78 is 62.0. The maximum Gasteiger partial charge on any atom is 0.335 e. The molecular weight excluding hydrogens is 537 g/mol. The number of aliphatic hydroxyl groups is 2. The van der Waals surface area contributed by atoms with Gasteiger partial charge in [-0.25, -0.2) is 27.3 Å². The summed E-state index contributed by atoms with van der Waals surface area (Å²) in [4.78, 5) is 20.8. The predicted octanol–water partition coefficient (Wildman–Crippen LogP) is 3.76. The number of ether oxygens (including phenoxy) is 2. The third-order valence-corrected chi connectivity index (χ3v) is 5.79. The molecule has 1 aliphatic heterocycles. The van der Waals surface area contributed by atoms with Gasteiger partial charge in [0, 0.05) is 28.9 Å². The molecule has 40 heavy (non-hydrogen) atoms. The number of carbonyl (C=O) groups is 1. The van der Waals surface area contributed by atoms with Crippen molar-refractivity contribution < 1.29 is 42.0 Å². The molecule has 1 aliphatic rings. The Kier molecular flexibility index (Phi) is 7.25. The average molecular weight is 557 g/mol. The van der Waals surface area contributed by atoms with Gasteiger partial charge in [-0.3, -0.25) is 9.58 Å². The van der Waals surface area contributed by atoms with Gasteiger partial charge in [0.25, 0.3) is 18.7 Å². The van der Waals surface area contributed by atoms with Crippen molar-refractivity contribution in [1.29, 1.82) is 0 Å². The molecule has 10 nitrogen and oxygen atoms in total. The number of amides is 2. The minimum Gasteiger partial charge on any atom is -0.472 e. The van der Waals surface area contributed by atoms with Crippen LogP contribution >= 0.6 is 0 Å². The van der Waals surface area contributed by atoms with Crippen molar-refractivity contribution in [2.45, 2.75) is 31.8 Å². The first-order valence-electron chi connectivity index (χ1n) is 11.8. The van der Waals surface area contributed by atoms with E-state index in [0.717, 1.165) is 4.68 Å². The molecule has 15 heteroatoms. The standard InChI is InChI=1S/C25H20BF4N5O5/c26-25(37,38)40-18-5-2-16(3-6-18)35-23-14(1-8-22(31-23)39-13-21(29)30)11-34(24(35)36)17-4-7-19-15(9-17)10-33(32-19)12-20(27)28/h1-10,20-21,37-38H,11-13H2. The van der Waals surface area contributed by atoms with E-state index < -0.39 is 37.9 Å². The highest BCUT2D eigenvalue weighted by Gasteiger charge is 2.34. The zero-order chi connectivity index (χ0) is 28.6. The van der Waals surface area contributed by atoms with Crippen LogP contribution in [0.15, 0.2) is 60.8 Å². The number of pyridine rings is 1. The fourth-order valence-corrected chi connectivity index (χ4v) is 4.19. The molecule has 0 atom stereocenters. The Bertz CT molecular complexity index is 1530. The molecule has 0 bridgehead atoms. The Morgan fingerprint density at radius 1 is 1.00 bits per heavy atom. The Morgan fingerprint density at radius 2 is 1.73 bits per heavy atom. The number of urea groups is 1. The molecule has 0 fully saturated rings. The molecule has 0 aliphatic carbocycles. The molecule has 206 valence electrons. The Labute approximate surface area is 225 Å². The highest BCUT2D eigenvalue weighted by molar-refractivity contribution is 6.12. The lowest BCUT2D eigenvalue weighted by atomic mass is 10.1. The maximum absolute atomic E-state index is 13.9. The summed E-state index contributed by atoms with van der Waals surface area (Å²) in [6.45, 7) is -1.41. The van der Waals surface area contributed by atoms with Gasteiger partial charge < -0.3 is 19.7 Å². The highest BCUT2D eigenvalue weighted by atomic mass is 19.3. The van der Waals surface area contributed by atoms with Crippen molar-refractivity contribution in [2.75, 3.05) is 16.4 Å². The van der Waals surface area contributed by atoms with Crippen LogP contribution < -0.4 is 19.3 Å². The molecule has 2 aromatic heterocycles. The van der Waals surface area contributed by atoms with Crippen LogP contribution in [0.25, 0.3) is 10.9 Å². The minimum absolute atomic E-state index is 0.0222. The number of hydrogen-bond donors (Lipinski definition) is 2. The third kappa shape index (κ3) is 5.94. The first-order valence-corrected chi connectivity index (χ1v) is 11.8. The Balaban J connectivity index is 1.53. The third-order valence-electron chi connectivity index (χ3n) is 5.79. The number of rotatable bonds is 9. The second kappa shape index (κ2) is 10.7. The number of benzene rings is 2. The number of halogens is 4. The van der Waals surface area contributed by atoms with E-state index in [1.807, 2.05) is 0 Å². The number of hydrogen-bond acceptors (Lipinski definition) is 7. The van der Waals surface area contributed by atoms with Gasteiger partial charge >= 0.3 is 6.03 Å². The number of carbonyl (C=O) groups excluding carboxylic acids is 1. The summed E-state index contributed by atoms with van der Waals surface area (Å²) in [5.74, 6) is -2.94. The van der Waals surface area contributed by atoms with Crippen LogP contribution in [0.4, 0.5) is 39.5 Å². The molecule has 2 radical (unpaired) electrons. The zero-order valence-corrected chi connectivity index (χ0v) is 20.5. The van der Waals surface area contributed by atoms with E-state index >= 15 is 0 Å². The molecular formula is C25H20BF4N5O5. The summed E-state index contributed by atoms with van der Waals surface area (Å²) in [5, 5.41) is 23.2. The minimum atomic E-state index is -2.92. The largest absolute Gasteiger partial charge is 0.472 e. The lowest BCUT2D eigenvalue weighted by molar-refractivity contribution is -0.223. The quantitative estimate of drug-likeness (QED) is 0.183. The summed E-state index contributed by atoms with van der Waals surface area (Å²) in [6, 6.07) is 12.8. The molecule has 2 amide bonds. The van der Waals surface area contributed by atoms with Crippen molar-refractivity contribution in [1.82, 2.24) is 14.8 Å². The molecule has 0 saturated carbocycles. The van der Waals surface area contributed by atoms with Gasteiger partial charge in [0.05, 0.1) is 17.7 Å². The summed E-state index contributed by atoms with van der Waals surface area (Å²) in [6.07, 6.45) is -3.86. The van der Waals surface area contributed by atoms with Gasteiger partial charge in [-0.1, -0.05) is 0 Å². The van der Waals surface area contributed by atoms with Gasteiger partial charge in [-0.15, -0.1) is 0 Å². The summed E-state index contributed by atoms with van der Waals surface area (Å²) >= 11 is 0. The SMILES string of the molecule is [B]C(O)(O)Oc1ccc(N2C(=O)N(c3ccc4nn(CC(F)F)cc4c3)Cc3ccc(OCC(F)F)nc32)cc1. The van der Waals surface area contributed by atoms with Gasteiger partial charge in [0.1, 0.15) is 18.1 Å². The smallest absolute Gasteiger partial charge is 0.335 e. The van der Waals surface area contributed by atoms with Crippen LogP contribution in [0.1, 0.15) is 5.56 Å². The first kappa shape index (κ1) is 27.2. The van der Waals surface area contributed by atoms with Crippen LogP contribution in [0.3, 0.4) is 0 Å². The Hall–Kier alpha value is -4.37. The maximum atomic E-state index is 13.9. The van der Waals surface area contributed by atoms with Crippen molar-refractivity contribution in [3.8, 4) is 11.6 Å². The topological polar surface area (TPSA) is 113 Å². The molecule has 3 heterocycles. The van der Waals surface area contributed by atoms with Gasteiger partial charge in [-0.2, -0.15) is 10.1 Å². The molecule has 0 saturated heterocycles. The number of fused-ring (bicyclic) bond motifs is 2. The van der Waals surface area contributed by atoms with E-state index in [9.17, 15) is 32.6 Å². The van der Waals surface area contributed by atoms with E-state index in [4.69, 9.17) is 17.3 Å². The second-order valence-corrected chi connectivity index (χ2v) is 8.78. The lowest BCUT2D eigenvalue weighted by Crippen LogP contribution is -2.45. The Morgan fingerprint density at radius 3 is 2.40 bits per heavy atom. The van der Waals surface area contributed by atoms with Crippen molar-refractivity contribution in [3.63, 3.8) is 0 Å². The van der Waals surface area contributed by atoms with Crippen LogP contribution in [0, 0.1) is 0 Å².